The summed E-state index contributed by atoms with van der Waals surface area (Å²) in [7, 11) is 0. The van der Waals surface area contributed by atoms with Crippen LogP contribution in [-0.2, 0) is 9.53 Å². The second kappa shape index (κ2) is 5.04. The van der Waals surface area contributed by atoms with Crippen LogP contribution in [0.3, 0.4) is 0 Å². The Hall–Kier alpha value is -0.770. The van der Waals surface area contributed by atoms with Gasteiger partial charge in [0.1, 0.15) is 5.60 Å². The van der Waals surface area contributed by atoms with E-state index in [0.717, 1.165) is 0 Å². The van der Waals surface area contributed by atoms with Gasteiger partial charge in [0.15, 0.2) is 5.78 Å². The third-order valence-corrected chi connectivity index (χ3v) is 2.69. The van der Waals surface area contributed by atoms with E-state index in [-0.39, 0.29) is 23.7 Å². The van der Waals surface area contributed by atoms with E-state index in [9.17, 15) is 9.59 Å². The monoisotopic (exact) mass is 247 g/mol. The Morgan fingerprint density at radius 3 is 2.56 bits per heavy atom. The van der Waals surface area contributed by atoms with E-state index < -0.39 is 5.60 Å². The zero-order chi connectivity index (χ0) is 12.3. The van der Waals surface area contributed by atoms with Crippen molar-refractivity contribution in [3.05, 3.63) is 0 Å². The molecule has 0 bridgehead atoms. The fourth-order valence-electron chi connectivity index (χ4n) is 1.62. The van der Waals surface area contributed by atoms with Gasteiger partial charge in [-0.15, -0.1) is 11.6 Å². The standard InChI is InChI=1S/C11H18ClNO3/c1-11(2,3)16-10(15)13-5-4-8(7-13)9(14)6-12/h8H,4-7H2,1-3H3/t8-/m1/s1. The molecule has 1 fully saturated rings. The quantitative estimate of drug-likeness (QED) is 0.702. The first-order chi connectivity index (χ1) is 7.33. The number of Topliss-reactive ketones (excluding diaryl/α,β-unsaturated/α-hetero) is 1. The summed E-state index contributed by atoms with van der Waals surface area (Å²) in [6.07, 6.45) is 0.336. The Balaban J connectivity index is 2.47. The molecule has 0 aromatic heterocycles. The molecule has 4 nitrogen and oxygen atoms in total. The summed E-state index contributed by atoms with van der Waals surface area (Å²) in [5.74, 6) is -0.0925. The molecule has 1 aliphatic heterocycles. The van der Waals surface area contributed by atoms with Crippen LogP contribution in [0.25, 0.3) is 0 Å². The number of nitrogens with zero attached hydrogens (tertiary/aromatic N) is 1. The summed E-state index contributed by atoms with van der Waals surface area (Å²) in [6.45, 7) is 6.47. The van der Waals surface area contributed by atoms with Crippen LogP contribution < -0.4 is 0 Å². The zero-order valence-corrected chi connectivity index (χ0v) is 10.7. The van der Waals surface area contributed by atoms with Gasteiger partial charge >= 0.3 is 6.09 Å². The topological polar surface area (TPSA) is 46.6 Å². The van der Waals surface area contributed by atoms with Gasteiger partial charge in [0.05, 0.1) is 5.88 Å². The first-order valence-electron chi connectivity index (χ1n) is 5.40. The van der Waals surface area contributed by atoms with Crippen LogP contribution in [0.2, 0.25) is 0 Å². The molecule has 1 saturated heterocycles. The fourth-order valence-corrected chi connectivity index (χ4v) is 1.84. The highest BCUT2D eigenvalue weighted by molar-refractivity contribution is 6.27. The number of ether oxygens (including phenoxy) is 1. The predicted octanol–water partition coefficient (Wildman–Crippen LogP) is 2.05. The lowest BCUT2D eigenvalue weighted by Crippen LogP contribution is -2.36. The molecule has 1 aliphatic rings. The number of alkyl halides is 1. The van der Waals surface area contributed by atoms with Crippen LogP contribution in [0.4, 0.5) is 4.79 Å². The van der Waals surface area contributed by atoms with Crippen LogP contribution in [0.1, 0.15) is 27.2 Å². The first-order valence-corrected chi connectivity index (χ1v) is 5.93. The van der Waals surface area contributed by atoms with E-state index in [1.165, 1.54) is 0 Å². The largest absolute Gasteiger partial charge is 0.444 e. The van der Waals surface area contributed by atoms with Crippen molar-refractivity contribution in [1.29, 1.82) is 0 Å². The lowest BCUT2D eigenvalue weighted by molar-refractivity contribution is -0.120. The first kappa shape index (κ1) is 13.3. The molecule has 1 atom stereocenters. The van der Waals surface area contributed by atoms with Crippen molar-refractivity contribution in [3.8, 4) is 0 Å². The second-order valence-corrected chi connectivity index (χ2v) is 5.28. The van der Waals surface area contributed by atoms with Crippen LogP contribution in [-0.4, -0.2) is 41.3 Å². The van der Waals surface area contributed by atoms with Gasteiger partial charge in [-0.3, -0.25) is 4.79 Å². The van der Waals surface area contributed by atoms with Crippen molar-refractivity contribution in [2.24, 2.45) is 5.92 Å². The van der Waals surface area contributed by atoms with E-state index in [1.807, 2.05) is 20.8 Å². The number of halogens is 1. The zero-order valence-electron chi connectivity index (χ0n) is 9.96. The molecule has 0 aromatic rings. The van der Waals surface area contributed by atoms with Gasteiger partial charge in [-0.05, 0) is 27.2 Å². The summed E-state index contributed by atoms with van der Waals surface area (Å²) in [5, 5.41) is 0. The molecule has 0 spiro atoms. The van der Waals surface area contributed by atoms with Crippen molar-refractivity contribution in [1.82, 2.24) is 4.90 Å². The van der Waals surface area contributed by atoms with Crippen molar-refractivity contribution in [3.63, 3.8) is 0 Å². The minimum Gasteiger partial charge on any atom is -0.444 e. The van der Waals surface area contributed by atoms with E-state index in [1.54, 1.807) is 4.90 Å². The second-order valence-electron chi connectivity index (χ2n) is 5.01. The molecular weight excluding hydrogens is 230 g/mol. The number of rotatable bonds is 2. The van der Waals surface area contributed by atoms with Crippen LogP contribution in [0.5, 0.6) is 0 Å². The fraction of sp³-hybridized carbons (Fsp3) is 0.818. The summed E-state index contributed by atoms with van der Waals surface area (Å²) in [6, 6.07) is 0. The van der Waals surface area contributed by atoms with Crippen molar-refractivity contribution < 1.29 is 14.3 Å². The summed E-state index contributed by atoms with van der Waals surface area (Å²) in [5.41, 5.74) is -0.494. The molecule has 0 saturated carbocycles. The van der Waals surface area contributed by atoms with Crippen LogP contribution >= 0.6 is 11.6 Å². The minimum absolute atomic E-state index is 0.00715. The average molecular weight is 248 g/mol. The summed E-state index contributed by atoms with van der Waals surface area (Å²) in [4.78, 5) is 24.6. The van der Waals surface area contributed by atoms with Gasteiger partial charge in [-0.2, -0.15) is 0 Å². The maximum Gasteiger partial charge on any atom is 0.410 e. The molecule has 0 aliphatic carbocycles. The average Bonchev–Trinajstić information content (AvgIpc) is 2.62. The van der Waals surface area contributed by atoms with E-state index in [0.29, 0.717) is 19.5 Å². The van der Waals surface area contributed by atoms with Gasteiger partial charge in [0.2, 0.25) is 0 Å². The predicted molar refractivity (Wildman–Crippen MR) is 61.6 cm³/mol. The third-order valence-electron chi connectivity index (χ3n) is 2.43. The molecule has 5 heteroatoms. The number of carbonyl (C=O) groups is 2. The van der Waals surface area contributed by atoms with E-state index in [2.05, 4.69) is 0 Å². The highest BCUT2D eigenvalue weighted by atomic mass is 35.5. The van der Waals surface area contributed by atoms with Crippen molar-refractivity contribution in [2.75, 3.05) is 19.0 Å². The highest BCUT2D eigenvalue weighted by Crippen LogP contribution is 2.20. The van der Waals surface area contributed by atoms with Crippen molar-refractivity contribution in [2.45, 2.75) is 32.8 Å². The summed E-state index contributed by atoms with van der Waals surface area (Å²) < 4.78 is 5.23. The normalized spacial score (nSPS) is 21.0. The van der Waals surface area contributed by atoms with Crippen LogP contribution in [0, 0.1) is 5.92 Å². The van der Waals surface area contributed by atoms with Crippen LogP contribution in [0.15, 0.2) is 0 Å². The molecule has 92 valence electrons. The number of carbonyl (C=O) groups excluding carboxylic acids is 2. The minimum atomic E-state index is -0.494. The number of amides is 1. The molecule has 0 unspecified atom stereocenters. The smallest absolute Gasteiger partial charge is 0.410 e. The molecule has 0 aromatic carbocycles. The molecular formula is C11H18ClNO3. The van der Waals surface area contributed by atoms with E-state index in [4.69, 9.17) is 16.3 Å². The molecule has 1 rings (SSSR count). The number of hydrogen-bond acceptors (Lipinski definition) is 3. The summed E-state index contributed by atoms with van der Waals surface area (Å²) >= 11 is 5.48. The SMILES string of the molecule is CC(C)(C)OC(=O)N1CC[C@@H](C(=O)CCl)C1. The molecule has 0 radical (unpaired) electrons. The number of ketones is 1. The molecule has 16 heavy (non-hydrogen) atoms. The highest BCUT2D eigenvalue weighted by Gasteiger charge is 2.32. The third kappa shape index (κ3) is 3.67. The molecule has 1 amide bonds. The Labute approximate surface area is 101 Å². The van der Waals surface area contributed by atoms with Gasteiger partial charge in [-0.25, -0.2) is 4.79 Å². The maximum absolute atomic E-state index is 11.7. The number of likely N-dealkylation sites (tertiary alicyclic amines) is 1. The lowest BCUT2D eigenvalue weighted by Gasteiger charge is -2.24. The Morgan fingerprint density at radius 1 is 1.44 bits per heavy atom. The lowest BCUT2D eigenvalue weighted by atomic mass is 10.1. The van der Waals surface area contributed by atoms with Gasteiger partial charge in [-0.1, -0.05) is 0 Å². The van der Waals surface area contributed by atoms with E-state index >= 15 is 0 Å². The molecule has 1 heterocycles. The van der Waals surface area contributed by atoms with Gasteiger partial charge in [0, 0.05) is 19.0 Å². The Bertz CT molecular complexity index is 285. The van der Waals surface area contributed by atoms with Crippen molar-refractivity contribution >= 4 is 23.5 Å². The van der Waals surface area contributed by atoms with Gasteiger partial charge in [0.25, 0.3) is 0 Å². The maximum atomic E-state index is 11.7. The molecule has 0 N–H and O–H groups in total. The Morgan fingerprint density at radius 2 is 2.06 bits per heavy atom. The number of hydrogen-bond donors (Lipinski definition) is 0. The Kier molecular flexibility index (Phi) is 4.19. The van der Waals surface area contributed by atoms with Gasteiger partial charge < -0.3 is 9.64 Å².